The highest BCUT2D eigenvalue weighted by Gasteiger charge is 2.22. The lowest BCUT2D eigenvalue weighted by Gasteiger charge is -2.09. The Kier molecular flexibility index (Phi) is 6.42. The standard InChI is InChI=1S/C19H14Br2N4O5/c1-3-17-23-15-5-4-12(20)7-14(15)19(27)24(17)22-9-11-6-13(21)8-16(25(28)29)18(11)30-10(2)26/h4-9H,3H2,1-2H3. The Morgan fingerprint density at radius 2 is 2.03 bits per heavy atom. The van der Waals surface area contributed by atoms with E-state index in [2.05, 4.69) is 41.9 Å². The maximum Gasteiger partial charge on any atom is 0.313 e. The van der Waals surface area contributed by atoms with Gasteiger partial charge in [-0.05, 0) is 24.3 Å². The molecule has 3 rings (SSSR count). The van der Waals surface area contributed by atoms with Crippen LogP contribution in [-0.2, 0) is 11.2 Å². The maximum atomic E-state index is 13.0. The molecule has 0 aliphatic rings. The Bertz CT molecular complexity index is 1270. The summed E-state index contributed by atoms with van der Waals surface area (Å²) in [4.78, 5) is 39.6. The zero-order valence-electron chi connectivity index (χ0n) is 15.8. The molecule has 0 fully saturated rings. The van der Waals surface area contributed by atoms with E-state index in [0.717, 1.165) is 11.6 Å². The lowest BCUT2D eigenvalue weighted by Crippen LogP contribution is -2.22. The number of benzene rings is 2. The largest absolute Gasteiger partial charge is 0.419 e. The van der Waals surface area contributed by atoms with E-state index in [1.807, 2.05) is 6.92 Å². The number of ether oxygens (including phenoxy) is 1. The van der Waals surface area contributed by atoms with Gasteiger partial charge >= 0.3 is 11.7 Å². The minimum atomic E-state index is -0.723. The van der Waals surface area contributed by atoms with Crippen LogP contribution in [-0.4, -0.2) is 26.8 Å². The fourth-order valence-electron chi connectivity index (χ4n) is 2.75. The third-order valence-corrected chi connectivity index (χ3v) is 4.96. The van der Waals surface area contributed by atoms with E-state index < -0.39 is 22.1 Å². The molecule has 2 aromatic carbocycles. The Morgan fingerprint density at radius 3 is 2.67 bits per heavy atom. The minimum Gasteiger partial charge on any atom is -0.419 e. The molecule has 0 atom stereocenters. The Labute approximate surface area is 186 Å². The normalized spacial score (nSPS) is 11.2. The van der Waals surface area contributed by atoms with Gasteiger partial charge in [0.1, 0.15) is 5.82 Å². The first kappa shape index (κ1) is 21.8. The van der Waals surface area contributed by atoms with Crippen LogP contribution in [0.1, 0.15) is 25.2 Å². The van der Waals surface area contributed by atoms with Gasteiger partial charge in [-0.1, -0.05) is 38.8 Å². The van der Waals surface area contributed by atoms with E-state index in [1.54, 1.807) is 18.2 Å². The molecule has 9 nitrogen and oxygen atoms in total. The molecule has 1 aromatic heterocycles. The molecule has 0 radical (unpaired) electrons. The maximum absolute atomic E-state index is 13.0. The number of esters is 1. The second-order valence-electron chi connectivity index (χ2n) is 6.10. The van der Waals surface area contributed by atoms with Gasteiger partial charge in [-0.25, -0.2) is 4.98 Å². The average molecular weight is 538 g/mol. The zero-order valence-corrected chi connectivity index (χ0v) is 18.9. The number of hydrogen-bond acceptors (Lipinski definition) is 7. The number of aryl methyl sites for hydroxylation is 1. The highest BCUT2D eigenvalue weighted by Crippen LogP contribution is 2.34. The fourth-order valence-corrected chi connectivity index (χ4v) is 3.57. The van der Waals surface area contributed by atoms with E-state index in [9.17, 15) is 19.7 Å². The molecule has 0 saturated carbocycles. The van der Waals surface area contributed by atoms with Gasteiger partial charge in [-0.15, -0.1) is 0 Å². The van der Waals surface area contributed by atoms with Gasteiger partial charge < -0.3 is 4.74 Å². The molecule has 3 aromatic rings. The summed E-state index contributed by atoms with van der Waals surface area (Å²) in [6.07, 6.45) is 1.65. The SMILES string of the molecule is CCc1nc2ccc(Br)cc2c(=O)n1N=Cc1cc(Br)cc([N+](=O)[O-])c1OC(C)=O. The first-order valence-electron chi connectivity index (χ1n) is 8.63. The van der Waals surface area contributed by atoms with Crippen molar-refractivity contribution < 1.29 is 14.5 Å². The average Bonchev–Trinajstić information content (AvgIpc) is 2.68. The molecule has 0 unspecified atom stereocenters. The van der Waals surface area contributed by atoms with Crippen molar-refractivity contribution in [1.29, 1.82) is 0 Å². The Balaban J connectivity index is 2.22. The van der Waals surface area contributed by atoms with Crippen LogP contribution >= 0.6 is 31.9 Å². The van der Waals surface area contributed by atoms with Gasteiger partial charge in [0.15, 0.2) is 0 Å². The summed E-state index contributed by atoms with van der Waals surface area (Å²) in [5, 5.41) is 16.0. The number of fused-ring (bicyclic) bond motifs is 1. The number of carbonyl (C=O) groups is 1. The molecule has 0 spiro atoms. The molecule has 154 valence electrons. The number of nitro benzene ring substituents is 1. The van der Waals surface area contributed by atoms with Crippen LogP contribution in [0.15, 0.2) is 49.2 Å². The lowest BCUT2D eigenvalue weighted by molar-refractivity contribution is -0.385. The molecule has 0 aliphatic heterocycles. The summed E-state index contributed by atoms with van der Waals surface area (Å²) in [5.41, 5.74) is -0.127. The van der Waals surface area contributed by atoms with Gasteiger partial charge in [0.25, 0.3) is 5.56 Å². The molecule has 0 saturated heterocycles. The van der Waals surface area contributed by atoms with Crippen LogP contribution in [0.4, 0.5) is 5.69 Å². The van der Waals surface area contributed by atoms with Gasteiger partial charge in [-0.3, -0.25) is 19.7 Å². The third-order valence-electron chi connectivity index (χ3n) is 4.01. The first-order valence-corrected chi connectivity index (χ1v) is 10.2. The number of rotatable bonds is 5. The second kappa shape index (κ2) is 8.84. The third kappa shape index (κ3) is 4.46. The lowest BCUT2D eigenvalue weighted by atomic mass is 10.2. The molecular weight excluding hydrogens is 524 g/mol. The monoisotopic (exact) mass is 536 g/mol. The van der Waals surface area contributed by atoms with Crippen molar-refractivity contribution in [2.75, 3.05) is 0 Å². The van der Waals surface area contributed by atoms with Crippen molar-refractivity contribution >= 4 is 60.6 Å². The van der Waals surface area contributed by atoms with Crippen molar-refractivity contribution in [1.82, 2.24) is 9.66 Å². The van der Waals surface area contributed by atoms with Crippen molar-refractivity contribution in [3.63, 3.8) is 0 Å². The summed E-state index contributed by atoms with van der Waals surface area (Å²) in [7, 11) is 0. The molecule has 1 heterocycles. The molecule has 0 bridgehead atoms. The van der Waals surface area contributed by atoms with Crippen LogP contribution in [0.3, 0.4) is 0 Å². The molecule has 11 heteroatoms. The van der Waals surface area contributed by atoms with Gasteiger partial charge in [0.05, 0.1) is 22.0 Å². The fraction of sp³-hybridized carbons (Fsp3) is 0.158. The topological polar surface area (TPSA) is 117 Å². The van der Waals surface area contributed by atoms with Gasteiger partial charge in [0.2, 0.25) is 5.75 Å². The Hall–Kier alpha value is -2.92. The molecule has 0 N–H and O–H groups in total. The van der Waals surface area contributed by atoms with Crippen LogP contribution in [0.25, 0.3) is 10.9 Å². The first-order chi connectivity index (χ1) is 14.2. The van der Waals surface area contributed by atoms with E-state index in [0.29, 0.717) is 32.1 Å². The predicted octanol–water partition coefficient (Wildman–Crippen LogP) is 4.20. The van der Waals surface area contributed by atoms with E-state index in [-0.39, 0.29) is 11.3 Å². The predicted molar refractivity (Wildman–Crippen MR) is 118 cm³/mol. The van der Waals surface area contributed by atoms with Crippen LogP contribution in [0, 0.1) is 10.1 Å². The number of halogens is 2. The minimum absolute atomic E-state index is 0.148. The molecule has 30 heavy (non-hydrogen) atoms. The molecule has 0 amide bonds. The zero-order chi connectivity index (χ0) is 22.0. The van der Waals surface area contributed by atoms with Gasteiger partial charge in [-0.2, -0.15) is 9.78 Å². The summed E-state index contributed by atoms with van der Waals surface area (Å²) in [5.74, 6) is -0.578. The smallest absolute Gasteiger partial charge is 0.313 e. The summed E-state index contributed by atoms with van der Waals surface area (Å²) in [6.45, 7) is 2.96. The highest BCUT2D eigenvalue weighted by molar-refractivity contribution is 9.10. The Morgan fingerprint density at radius 1 is 1.30 bits per heavy atom. The van der Waals surface area contributed by atoms with E-state index >= 15 is 0 Å². The van der Waals surface area contributed by atoms with Crippen molar-refractivity contribution in [3.05, 3.63) is 71.1 Å². The molecular formula is C19H14Br2N4O5. The van der Waals surface area contributed by atoms with Crippen molar-refractivity contribution in [2.45, 2.75) is 20.3 Å². The number of aromatic nitrogens is 2. The highest BCUT2D eigenvalue weighted by atomic mass is 79.9. The number of nitrogens with zero attached hydrogens (tertiary/aromatic N) is 4. The summed E-state index contributed by atoms with van der Waals surface area (Å²) in [6, 6.07) is 7.87. The van der Waals surface area contributed by atoms with Crippen molar-refractivity contribution in [2.24, 2.45) is 5.10 Å². The molecule has 0 aliphatic carbocycles. The summed E-state index contributed by atoms with van der Waals surface area (Å²) >= 11 is 6.53. The van der Waals surface area contributed by atoms with E-state index in [1.165, 1.54) is 18.3 Å². The van der Waals surface area contributed by atoms with Crippen LogP contribution < -0.4 is 10.3 Å². The summed E-state index contributed by atoms with van der Waals surface area (Å²) < 4.78 is 7.28. The van der Waals surface area contributed by atoms with Crippen LogP contribution in [0.2, 0.25) is 0 Å². The van der Waals surface area contributed by atoms with E-state index in [4.69, 9.17) is 4.74 Å². The van der Waals surface area contributed by atoms with Gasteiger partial charge in [0, 0.05) is 33.9 Å². The number of hydrogen-bond donors (Lipinski definition) is 0. The number of carbonyl (C=O) groups excluding carboxylic acids is 1. The van der Waals surface area contributed by atoms with Crippen molar-refractivity contribution in [3.8, 4) is 5.75 Å². The number of nitro groups is 1. The quantitative estimate of drug-likeness (QED) is 0.158. The second-order valence-corrected chi connectivity index (χ2v) is 7.93. The van der Waals surface area contributed by atoms with Crippen LogP contribution in [0.5, 0.6) is 5.75 Å².